The molecular weight excluding hydrogens is 182 g/mol. The molecule has 0 unspecified atom stereocenters. The topological polar surface area (TPSA) is 56.0 Å². The van der Waals surface area contributed by atoms with Gasteiger partial charge in [-0.3, -0.25) is 9.36 Å². The fourth-order valence-corrected chi connectivity index (χ4v) is 1.15. The molecule has 0 bridgehead atoms. The smallest absolute Gasteiger partial charge is 0.328 e. The van der Waals surface area contributed by atoms with E-state index in [0.717, 1.165) is 0 Å². The number of aryl methyl sites for hydroxylation is 1. The van der Waals surface area contributed by atoms with Crippen molar-refractivity contribution in [1.29, 1.82) is 0 Å². The monoisotopic (exact) mass is 197 g/mol. The van der Waals surface area contributed by atoms with E-state index in [0.29, 0.717) is 0 Å². The predicted octanol–water partition coefficient (Wildman–Crippen LogP) is -0.289. The van der Waals surface area contributed by atoms with E-state index in [9.17, 15) is 9.59 Å². The van der Waals surface area contributed by atoms with Crippen molar-refractivity contribution in [2.75, 3.05) is 0 Å². The minimum Gasteiger partial charge on any atom is -0.352 e. The lowest BCUT2D eigenvalue weighted by Crippen LogP contribution is -2.35. The Hall–Kier alpha value is -1.52. The van der Waals surface area contributed by atoms with Crippen molar-refractivity contribution >= 4 is 5.91 Å². The number of carbonyl (C=O) groups is 1. The number of nitrogens with zero attached hydrogens (tertiary/aromatic N) is 2. The van der Waals surface area contributed by atoms with E-state index in [2.05, 4.69) is 5.32 Å². The zero-order valence-corrected chi connectivity index (χ0v) is 8.65. The van der Waals surface area contributed by atoms with Crippen LogP contribution in [0.1, 0.15) is 13.8 Å². The first-order valence-electron chi connectivity index (χ1n) is 4.52. The van der Waals surface area contributed by atoms with Crippen LogP contribution in [0.4, 0.5) is 0 Å². The molecule has 1 aromatic heterocycles. The van der Waals surface area contributed by atoms with Gasteiger partial charge in [-0.05, 0) is 13.8 Å². The Labute approximate surface area is 82.3 Å². The number of aromatic nitrogens is 2. The maximum absolute atomic E-state index is 11.3. The van der Waals surface area contributed by atoms with Crippen LogP contribution in [0.2, 0.25) is 0 Å². The average Bonchev–Trinajstić information content (AvgIpc) is 2.34. The van der Waals surface area contributed by atoms with Crippen LogP contribution in [-0.2, 0) is 18.4 Å². The lowest BCUT2D eigenvalue weighted by Gasteiger charge is -2.07. The molecule has 0 aliphatic heterocycles. The first-order valence-corrected chi connectivity index (χ1v) is 4.52. The number of nitrogens with one attached hydrogen (secondary N) is 1. The summed E-state index contributed by atoms with van der Waals surface area (Å²) in [6.45, 7) is 3.84. The van der Waals surface area contributed by atoms with Gasteiger partial charge < -0.3 is 9.88 Å². The third kappa shape index (κ3) is 2.48. The van der Waals surface area contributed by atoms with Crippen molar-refractivity contribution in [3.05, 3.63) is 22.9 Å². The van der Waals surface area contributed by atoms with Gasteiger partial charge in [-0.1, -0.05) is 0 Å². The SMILES string of the molecule is CC(C)NC(=O)Cn1ccn(C)c1=O. The van der Waals surface area contributed by atoms with Gasteiger partial charge in [-0.15, -0.1) is 0 Å². The van der Waals surface area contributed by atoms with Gasteiger partial charge in [0.05, 0.1) is 0 Å². The lowest BCUT2D eigenvalue weighted by atomic mass is 10.4. The maximum Gasteiger partial charge on any atom is 0.328 e. The summed E-state index contributed by atoms with van der Waals surface area (Å²) in [5.41, 5.74) is -0.177. The second kappa shape index (κ2) is 4.13. The van der Waals surface area contributed by atoms with Crippen molar-refractivity contribution in [3.8, 4) is 0 Å². The molecule has 5 heteroatoms. The zero-order valence-electron chi connectivity index (χ0n) is 8.65. The number of hydrogen-bond donors (Lipinski definition) is 1. The molecule has 0 saturated heterocycles. The second-order valence-corrected chi connectivity index (χ2v) is 3.54. The Bertz CT molecular complexity index is 376. The molecule has 1 N–H and O–H groups in total. The fourth-order valence-electron chi connectivity index (χ4n) is 1.15. The number of rotatable bonds is 3. The van der Waals surface area contributed by atoms with Gasteiger partial charge in [0.2, 0.25) is 5.91 Å². The van der Waals surface area contributed by atoms with E-state index in [4.69, 9.17) is 0 Å². The molecule has 14 heavy (non-hydrogen) atoms. The number of hydrogen-bond acceptors (Lipinski definition) is 2. The standard InChI is InChI=1S/C9H15N3O2/c1-7(2)10-8(13)6-12-5-4-11(3)9(12)14/h4-5,7H,6H2,1-3H3,(H,10,13). The summed E-state index contributed by atoms with van der Waals surface area (Å²) < 4.78 is 2.81. The van der Waals surface area contributed by atoms with Gasteiger partial charge in [0.15, 0.2) is 0 Å². The van der Waals surface area contributed by atoms with E-state index in [1.54, 1.807) is 19.4 Å². The molecule has 0 saturated carbocycles. The van der Waals surface area contributed by atoms with Crippen molar-refractivity contribution in [2.45, 2.75) is 26.4 Å². The average molecular weight is 197 g/mol. The Morgan fingerprint density at radius 2 is 2.14 bits per heavy atom. The molecule has 0 spiro atoms. The molecule has 1 amide bonds. The lowest BCUT2D eigenvalue weighted by molar-refractivity contribution is -0.122. The van der Waals surface area contributed by atoms with Gasteiger partial charge in [0.1, 0.15) is 6.54 Å². The first-order chi connectivity index (χ1) is 6.50. The van der Waals surface area contributed by atoms with Crippen LogP contribution in [0.25, 0.3) is 0 Å². The molecule has 0 aliphatic rings. The zero-order chi connectivity index (χ0) is 10.7. The summed E-state index contributed by atoms with van der Waals surface area (Å²) in [5, 5.41) is 2.72. The molecular formula is C9H15N3O2. The molecule has 1 rings (SSSR count). The van der Waals surface area contributed by atoms with Crippen LogP contribution in [0.3, 0.4) is 0 Å². The van der Waals surface area contributed by atoms with E-state index < -0.39 is 0 Å². The van der Waals surface area contributed by atoms with Gasteiger partial charge >= 0.3 is 5.69 Å². The van der Waals surface area contributed by atoms with E-state index in [-0.39, 0.29) is 24.2 Å². The number of amides is 1. The van der Waals surface area contributed by atoms with Gasteiger partial charge in [0.25, 0.3) is 0 Å². The van der Waals surface area contributed by atoms with E-state index in [1.807, 2.05) is 13.8 Å². The van der Waals surface area contributed by atoms with Crippen molar-refractivity contribution in [1.82, 2.24) is 14.5 Å². The molecule has 0 aromatic carbocycles. The summed E-state index contributed by atoms with van der Waals surface area (Å²) in [7, 11) is 1.65. The van der Waals surface area contributed by atoms with E-state index >= 15 is 0 Å². The quantitative estimate of drug-likeness (QED) is 0.724. The van der Waals surface area contributed by atoms with E-state index in [1.165, 1.54) is 9.13 Å². The Morgan fingerprint density at radius 1 is 1.50 bits per heavy atom. The summed E-state index contributed by atoms with van der Waals surface area (Å²) in [6, 6.07) is 0.0990. The Balaban J connectivity index is 2.65. The Kier molecular flexibility index (Phi) is 3.11. The van der Waals surface area contributed by atoms with Crippen LogP contribution >= 0.6 is 0 Å². The normalized spacial score (nSPS) is 10.6. The highest BCUT2D eigenvalue weighted by molar-refractivity contribution is 5.75. The number of imidazole rings is 1. The summed E-state index contributed by atoms with van der Waals surface area (Å²) in [4.78, 5) is 22.6. The molecule has 78 valence electrons. The first kappa shape index (κ1) is 10.6. The fraction of sp³-hybridized carbons (Fsp3) is 0.556. The van der Waals surface area contributed by atoms with Crippen molar-refractivity contribution < 1.29 is 4.79 Å². The third-order valence-corrected chi connectivity index (χ3v) is 1.78. The van der Waals surface area contributed by atoms with Gasteiger partial charge in [-0.2, -0.15) is 0 Å². The molecule has 0 fully saturated rings. The highest BCUT2D eigenvalue weighted by Crippen LogP contribution is 1.84. The molecule has 0 aliphatic carbocycles. The minimum absolute atomic E-state index is 0.0812. The molecule has 1 heterocycles. The summed E-state index contributed by atoms with van der Waals surface area (Å²) in [6.07, 6.45) is 3.23. The van der Waals surface area contributed by atoms with Crippen LogP contribution in [-0.4, -0.2) is 21.1 Å². The predicted molar refractivity (Wildman–Crippen MR) is 53.0 cm³/mol. The van der Waals surface area contributed by atoms with Crippen LogP contribution < -0.4 is 11.0 Å². The van der Waals surface area contributed by atoms with Crippen LogP contribution in [0.15, 0.2) is 17.2 Å². The van der Waals surface area contributed by atoms with Gasteiger partial charge in [-0.25, -0.2) is 4.79 Å². The van der Waals surface area contributed by atoms with Crippen LogP contribution in [0.5, 0.6) is 0 Å². The minimum atomic E-state index is -0.177. The number of carbonyl (C=O) groups excluding carboxylic acids is 1. The molecule has 0 atom stereocenters. The van der Waals surface area contributed by atoms with Gasteiger partial charge in [0, 0.05) is 25.5 Å². The largest absolute Gasteiger partial charge is 0.352 e. The highest BCUT2D eigenvalue weighted by atomic mass is 16.2. The molecule has 0 radical (unpaired) electrons. The summed E-state index contributed by atoms with van der Waals surface area (Å²) in [5.74, 6) is -0.145. The second-order valence-electron chi connectivity index (χ2n) is 3.54. The van der Waals surface area contributed by atoms with Crippen molar-refractivity contribution in [2.24, 2.45) is 7.05 Å². The Morgan fingerprint density at radius 3 is 2.57 bits per heavy atom. The third-order valence-electron chi connectivity index (χ3n) is 1.78. The van der Waals surface area contributed by atoms with Crippen LogP contribution in [0, 0.1) is 0 Å². The molecule has 5 nitrogen and oxygen atoms in total. The summed E-state index contributed by atoms with van der Waals surface area (Å²) >= 11 is 0. The highest BCUT2D eigenvalue weighted by Gasteiger charge is 2.06. The molecule has 1 aromatic rings. The maximum atomic E-state index is 11.3. The van der Waals surface area contributed by atoms with Crippen molar-refractivity contribution in [3.63, 3.8) is 0 Å².